The van der Waals surface area contributed by atoms with E-state index in [2.05, 4.69) is 9.84 Å². The van der Waals surface area contributed by atoms with Crippen LogP contribution in [0.25, 0.3) is 11.1 Å². The van der Waals surface area contributed by atoms with Gasteiger partial charge in [0, 0.05) is 23.9 Å². The Hall–Kier alpha value is -2.18. The maximum absolute atomic E-state index is 12.3. The Morgan fingerprint density at radius 2 is 1.95 bits per heavy atom. The topological polar surface area (TPSA) is 53.1 Å². The van der Waals surface area contributed by atoms with Crippen LogP contribution >= 0.6 is 0 Å². The summed E-state index contributed by atoms with van der Waals surface area (Å²) in [6.07, 6.45) is -3.15. The zero-order valence-corrected chi connectivity index (χ0v) is 10.1. The first-order valence-corrected chi connectivity index (χ1v) is 5.59. The number of aryl methyl sites for hydroxylation is 1. The summed E-state index contributed by atoms with van der Waals surface area (Å²) in [6, 6.07) is 5.83. The average Bonchev–Trinajstić information content (AvgIpc) is 2.69. The number of halogens is 3. The van der Waals surface area contributed by atoms with Crippen molar-refractivity contribution in [1.82, 2.24) is 9.78 Å². The maximum atomic E-state index is 12.3. The van der Waals surface area contributed by atoms with E-state index in [1.165, 1.54) is 18.2 Å². The lowest BCUT2D eigenvalue weighted by atomic mass is 10.1. The Labute approximate surface area is 107 Å². The number of anilines is 1. The Kier molecular flexibility index (Phi) is 3.37. The number of hydrogen-bond donors (Lipinski definition) is 1. The Bertz CT molecular complexity index is 578. The summed E-state index contributed by atoms with van der Waals surface area (Å²) in [7, 11) is 0. The third kappa shape index (κ3) is 2.98. The van der Waals surface area contributed by atoms with Crippen molar-refractivity contribution in [3.8, 4) is 16.9 Å². The molecule has 2 N–H and O–H groups in total. The first kappa shape index (κ1) is 13.3. The number of alkyl halides is 3. The number of nitrogen functional groups attached to an aromatic ring is 1. The van der Waals surface area contributed by atoms with Crippen LogP contribution in [0.3, 0.4) is 0 Å². The molecule has 7 heteroatoms. The van der Waals surface area contributed by atoms with Crippen molar-refractivity contribution in [3.05, 3.63) is 30.5 Å². The SMILES string of the molecule is CCn1cc(-c2ccccc2OC(F)(F)F)c(N)n1. The van der Waals surface area contributed by atoms with Crippen molar-refractivity contribution in [1.29, 1.82) is 0 Å². The molecule has 19 heavy (non-hydrogen) atoms. The molecule has 0 amide bonds. The predicted octanol–water partition coefficient (Wildman–Crippen LogP) is 3.05. The smallest absolute Gasteiger partial charge is 0.405 e. The van der Waals surface area contributed by atoms with Crippen LogP contribution in [0, 0.1) is 0 Å². The van der Waals surface area contributed by atoms with E-state index < -0.39 is 6.36 Å². The first-order chi connectivity index (χ1) is 8.90. The van der Waals surface area contributed by atoms with Gasteiger partial charge in [0.1, 0.15) is 5.75 Å². The molecule has 1 heterocycles. The highest BCUT2D eigenvalue weighted by Gasteiger charge is 2.32. The van der Waals surface area contributed by atoms with Crippen LogP contribution in [0.4, 0.5) is 19.0 Å². The van der Waals surface area contributed by atoms with E-state index in [4.69, 9.17) is 5.73 Å². The zero-order chi connectivity index (χ0) is 14.0. The van der Waals surface area contributed by atoms with Gasteiger partial charge < -0.3 is 10.5 Å². The lowest BCUT2D eigenvalue weighted by Gasteiger charge is -2.12. The van der Waals surface area contributed by atoms with Gasteiger partial charge >= 0.3 is 6.36 Å². The molecule has 0 unspecified atom stereocenters. The fraction of sp³-hybridized carbons (Fsp3) is 0.250. The summed E-state index contributed by atoms with van der Waals surface area (Å²) in [5, 5.41) is 4.00. The van der Waals surface area contributed by atoms with Gasteiger partial charge in [-0.05, 0) is 13.0 Å². The van der Waals surface area contributed by atoms with Crippen molar-refractivity contribution < 1.29 is 17.9 Å². The molecule has 0 fully saturated rings. The van der Waals surface area contributed by atoms with Gasteiger partial charge in [0.05, 0.1) is 0 Å². The van der Waals surface area contributed by atoms with Crippen LogP contribution in [-0.4, -0.2) is 16.1 Å². The van der Waals surface area contributed by atoms with Gasteiger partial charge in [0.15, 0.2) is 5.82 Å². The molecule has 0 aliphatic heterocycles. The number of aromatic nitrogens is 2. The van der Waals surface area contributed by atoms with Gasteiger partial charge in [-0.3, -0.25) is 4.68 Å². The highest BCUT2D eigenvalue weighted by atomic mass is 19.4. The summed E-state index contributed by atoms with van der Waals surface area (Å²) in [4.78, 5) is 0. The molecule has 0 spiro atoms. The van der Waals surface area contributed by atoms with Gasteiger partial charge in [-0.25, -0.2) is 0 Å². The molecule has 1 aromatic carbocycles. The van der Waals surface area contributed by atoms with E-state index in [1.54, 1.807) is 16.9 Å². The molecule has 0 atom stereocenters. The van der Waals surface area contributed by atoms with Gasteiger partial charge in [-0.15, -0.1) is 13.2 Å². The third-order valence-electron chi connectivity index (χ3n) is 2.52. The minimum absolute atomic E-state index is 0.167. The largest absolute Gasteiger partial charge is 0.573 e. The monoisotopic (exact) mass is 271 g/mol. The number of para-hydroxylation sites is 1. The van der Waals surface area contributed by atoms with Gasteiger partial charge in [0.25, 0.3) is 0 Å². The Balaban J connectivity index is 2.46. The molecule has 0 aliphatic rings. The van der Waals surface area contributed by atoms with E-state index in [1.807, 2.05) is 6.92 Å². The van der Waals surface area contributed by atoms with Gasteiger partial charge in [0.2, 0.25) is 0 Å². The second kappa shape index (κ2) is 4.83. The van der Waals surface area contributed by atoms with Crippen LogP contribution < -0.4 is 10.5 Å². The minimum Gasteiger partial charge on any atom is -0.405 e. The fourth-order valence-electron chi connectivity index (χ4n) is 1.71. The fourth-order valence-corrected chi connectivity index (χ4v) is 1.71. The van der Waals surface area contributed by atoms with Gasteiger partial charge in [-0.2, -0.15) is 5.10 Å². The molecular formula is C12H12F3N3O. The number of nitrogens with two attached hydrogens (primary N) is 1. The number of hydrogen-bond acceptors (Lipinski definition) is 3. The summed E-state index contributed by atoms with van der Waals surface area (Å²) in [6.45, 7) is 2.43. The predicted molar refractivity (Wildman–Crippen MR) is 64.4 cm³/mol. The summed E-state index contributed by atoms with van der Waals surface area (Å²) < 4.78 is 42.5. The van der Waals surface area contributed by atoms with E-state index >= 15 is 0 Å². The van der Waals surface area contributed by atoms with E-state index in [-0.39, 0.29) is 17.1 Å². The summed E-state index contributed by atoms with van der Waals surface area (Å²) >= 11 is 0. The Morgan fingerprint density at radius 1 is 1.26 bits per heavy atom. The highest BCUT2D eigenvalue weighted by molar-refractivity contribution is 5.78. The third-order valence-corrected chi connectivity index (χ3v) is 2.52. The lowest BCUT2D eigenvalue weighted by molar-refractivity contribution is -0.274. The summed E-state index contributed by atoms with van der Waals surface area (Å²) in [5.74, 6) is -0.127. The number of ether oxygens (including phenoxy) is 1. The molecule has 2 aromatic rings. The lowest BCUT2D eigenvalue weighted by Crippen LogP contribution is -2.17. The standard InChI is InChI=1S/C12H12F3N3O/c1-2-18-7-9(11(16)17-18)8-5-3-4-6-10(8)19-12(13,14)15/h3-7H,2H2,1H3,(H2,16,17). The van der Waals surface area contributed by atoms with Gasteiger partial charge in [-0.1, -0.05) is 18.2 Å². The van der Waals surface area contributed by atoms with Crippen molar-refractivity contribution in [3.63, 3.8) is 0 Å². The molecule has 0 radical (unpaired) electrons. The molecule has 4 nitrogen and oxygen atoms in total. The molecule has 102 valence electrons. The highest BCUT2D eigenvalue weighted by Crippen LogP contribution is 2.35. The van der Waals surface area contributed by atoms with Crippen molar-refractivity contribution in [2.45, 2.75) is 19.8 Å². The number of rotatable bonds is 3. The van der Waals surface area contributed by atoms with E-state index in [0.29, 0.717) is 12.1 Å². The molecular weight excluding hydrogens is 259 g/mol. The van der Waals surface area contributed by atoms with E-state index in [9.17, 15) is 13.2 Å². The molecule has 0 aliphatic carbocycles. The van der Waals surface area contributed by atoms with Crippen molar-refractivity contribution in [2.24, 2.45) is 0 Å². The number of nitrogens with zero attached hydrogens (tertiary/aromatic N) is 2. The quantitative estimate of drug-likeness (QED) is 0.933. The van der Waals surface area contributed by atoms with Crippen molar-refractivity contribution >= 4 is 5.82 Å². The van der Waals surface area contributed by atoms with Crippen LogP contribution in [-0.2, 0) is 6.54 Å². The van der Waals surface area contributed by atoms with Crippen LogP contribution in [0.15, 0.2) is 30.5 Å². The van der Waals surface area contributed by atoms with Crippen LogP contribution in [0.5, 0.6) is 5.75 Å². The summed E-state index contributed by atoms with van der Waals surface area (Å²) in [5.41, 5.74) is 6.39. The maximum Gasteiger partial charge on any atom is 0.573 e. The normalized spacial score (nSPS) is 11.6. The molecule has 0 saturated heterocycles. The molecule has 2 rings (SSSR count). The number of benzene rings is 1. The molecule has 1 aromatic heterocycles. The zero-order valence-electron chi connectivity index (χ0n) is 10.1. The molecule has 0 saturated carbocycles. The molecule has 0 bridgehead atoms. The average molecular weight is 271 g/mol. The van der Waals surface area contributed by atoms with Crippen LogP contribution in [0.1, 0.15) is 6.92 Å². The Morgan fingerprint density at radius 3 is 2.53 bits per heavy atom. The van der Waals surface area contributed by atoms with Crippen LogP contribution in [0.2, 0.25) is 0 Å². The second-order valence-corrected chi connectivity index (χ2v) is 3.83. The van der Waals surface area contributed by atoms with Crippen molar-refractivity contribution in [2.75, 3.05) is 5.73 Å². The second-order valence-electron chi connectivity index (χ2n) is 3.83. The minimum atomic E-state index is -4.74. The first-order valence-electron chi connectivity index (χ1n) is 5.59. The van der Waals surface area contributed by atoms with E-state index in [0.717, 1.165) is 0 Å².